The maximum absolute atomic E-state index is 13.3. The molecular formula is C26H33NO3. The van der Waals surface area contributed by atoms with E-state index in [1.807, 2.05) is 94.8 Å². The Morgan fingerprint density at radius 3 is 2.30 bits per heavy atom. The minimum absolute atomic E-state index is 0.0331. The number of carbonyl (C=O) groups excluding carboxylic acids is 2. The Balaban J connectivity index is 0.00000155. The molecule has 30 heavy (non-hydrogen) atoms. The number of aromatic nitrogens is 1. The predicted molar refractivity (Wildman–Crippen MR) is 124 cm³/mol. The number of fused-ring (bicyclic) bond motifs is 1. The Morgan fingerprint density at radius 2 is 1.70 bits per heavy atom. The van der Waals surface area contributed by atoms with E-state index in [2.05, 4.69) is 0 Å². The van der Waals surface area contributed by atoms with Gasteiger partial charge in [-0.15, -0.1) is 0 Å². The second-order valence-corrected chi connectivity index (χ2v) is 7.86. The Bertz CT molecular complexity index is 1040. The lowest BCUT2D eigenvalue weighted by Crippen LogP contribution is -2.27. The molecule has 0 atom stereocenters. The third kappa shape index (κ3) is 4.64. The van der Waals surface area contributed by atoms with Crippen LogP contribution in [0.2, 0.25) is 0 Å². The first-order chi connectivity index (χ1) is 14.3. The van der Waals surface area contributed by atoms with Crippen LogP contribution in [0.25, 0.3) is 10.9 Å². The van der Waals surface area contributed by atoms with Crippen molar-refractivity contribution in [1.82, 2.24) is 4.57 Å². The zero-order valence-corrected chi connectivity index (χ0v) is 19.2. The molecule has 4 nitrogen and oxygen atoms in total. The molecule has 0 saturated heterocycles. The van der Waals surface area contributed by atoms with Crippen LogP contribution in [0, 0.1) is 12.3 Å². The molecule has 0 aliphatic rings. The molecule has 0 aliphatic carbocycles. The molecule has 0 radical (unpaired) electrons. The fraction of sp³-hybridized carbons (Fsp3) is 0.385. The van der Waals surface area contributed by atoms with Gasteiger partial charge in [-0.2, -0.15) is 0 Å². The van der Waals surface area contributed by atoms with Gasteiger partial charge in [-0.3, -0.25) is 9.59 Å². The number of carbonyl (C=O) groups is 2. The molecule has 0 unspecified atom stereocenters. The monoisotopic (exact) mass is 407 g/mol. The Labute approximate surface area is 179 Å². The smallest absolute Gasteiger partial charge is 0.195 e. The van der Waals surface area contributed by atoms with Gasteiger partial charge < -0.3 is 9.30 Å². The molecule has 0 spiro atoms. The summed E-state index contributed by atoms with van der Waals surface area (Å²) in [5.41, 5.74) is 2.64. The first-order valence-corrected chi connectivity index (χ1v) is 10.6. The van der Waals surface area contributed by atoms with Gasteiger partial charge in [-0.05, 0) is 31.0 Å². The van der Waals surface area contributed by atoms with E-state index in [4.69, 9.17) is 4.74 Å². The number of benzene rings is 2. The van der Waals surface area contributed by atoms with Crippen LogP contribution in [0.1, 0.15) is 62.5 Å². The molecular weight excluding hydrogens is 374 g/mol. The summed E-state index contributed by atoms with van der Waals surface area (Å²) >= 11 is 0. The highest BCUT2D eigenvalue weighted by Crippen LogP contribution is 2.30. The highest BCUT2D eigenvalue weighted by atomic mass is 16.5. The van der Waals surface area contributed by atoms with Gasteiger partial charge in [0, 0.05) is 34.2 Å². The molecule has 3 aromatic rings. The summed E-state index contributed by atoms with van der Waals surface area (Å²) in [4.78, 5) is 26.1. The van der Waals surface area contributed by atoms with Gasteiger partial charge in [0.15, 0.2) is 11.6 Å². The predicted octanol–water partition coefficient (Wildman–Crippen LogP) is 6.22. The lowest BCUT2D eigenvalue weighted by Gasteiger charge is -2.21. The molecule has 160 valence electrons. The van der Waals surface area contributed by atoms with Gasteiger partial charge in [-0.1, -0.05) is 58.9 Å². The zero-order valence-electron chi connectivity index (χ0n) is 19.2. The highest BCUT2D eigenvalue weighted by Gasteiger charge is 2.27. The molecule has 0 bridgehead atoms. The van der Waals surface area contributed by atoms with Crippen LogP contribution < -0.4 is 4.74 Å². The molecule has 0 N–H and O–H groups in total. The third-order valence-corrected chi connectivity index (χ3v) is 5.68. The third-order valence-electron chi connectivity index (χ3n) is 5.68. The number of Topliss-reactive ketones (excluding diaryl/α,β-unsaturated/α-hetero) is 1. The Hall–Kier alpha value is -2.88. The van der Waals surface area contributed by atoms with Gasteiger partial charge in [0.2, 0.25) is 0 Å². The minimum atomic E-state index is -0.407. The normalized spacial score (nSPS) is 11.0. The summed E-state index contributed by atoms with van der Waals surface area (Å²) in [5.74, 6) is 0.808. The number of ether oxygens (including phenoxy) is 1. The summed E-state index contributed by atoms with van der Waals surface area (Å²) in [7, 11) is 1.61. The number of hydrogen-bond donors (Lipinski definition) is 0. The van der Waals surface area contributed by atoms with E-state index in [1.54, 1.807) is 7.11 Å². The van der Waals surface area contributed by atoms with Crippen molar-refractivity contribution in [3.8, 4) is 5.75 Å². The van der Waals surface area contributed by atoms with Crippen molar-refractivity contribution in [2.24, 2.45) is 5.41 Å². The molecule has 2 aromatic carbocycles. The fourth-order valence-electron chi connectivity index (χ4n) is 3.25. The number of aryl methyl sites for hydroxylation is 1. The summed E-state index contributed by atoms with van der Waals surface area (Å²) in [6.07, 6.45) is 2.58. The van der Waals surface area contributed by atoms with E-state index < -0.39 is 5.41 Å². The van der Waals surface area contributed by atoms with Crippen LogP contribution in [0.5, 0.6) is 5.75 Å². The summed E-state index contributed by atoms with van der Waals surface area (Å²) in [6, 6.07) is 13.2. The lowest BCUT2D eigenvalue weighted by molar-refractivity contribution is -0.127. The molecule has 0 fully saturated rings. The first kappa shape index (κ1) is 23.4. The number of nitrogens with zero attached hydrogens (tertiary/aromatic N) is 1. The van der Waals surface area contributed by atoms with E-state index in [1.165, 1.54) is 0 Å². The maximum Gasteiger partial charge on any atom is 0.195 e. The van der Waals surface area contributed by atoms with Crippen molar-refractivity contribution in [3.63, 3.8) is 0 Å². The maximum atomic E-state index is 13.3. The van der Waals surface area contributed by atoms with Crippen molar-refractivity contribution in [1.29, 1.82) is 0 Å². The second kappa shape index (κ2) is 9.75. The number of hydrogen-bond acceptors (Lipinski definition) is 3. The van der Waals surface area contributed by atoms with Crippen LogP contribution in [0.15, 0.2) is 48.7 Å². The fourth-order valence-corrected chi connectivity index (χ4v) is 3.25. The largest absolute Gasteiger partial charge is 0.497 e. The van der Waals surface area contributed by atoms with E-state index in [9.17, 15) is 9.59 Å². The van der Waals surface area contributed by atoms with E-state index >= 15 is 0 Å². The molecule has 4 heteroatoms. The number of methoxy groups -OCH3 is 1. The highest BCUT2D eigenvalue weighted by molar-refractivity contribution is 6.17. The lowest BCUT2D eigenvalue weighted by atomic mass is 9.85. The van der Waals surface area contributed by atoms with E-state index in [0.717, 1.165) is 22.9 Å². The van der Waals surface area contributed by atoms with Gasteiger partial charge in [0.25, 0.3) is 0 Å². The van der Waals surface area contributed by atoms with Gasteiger partial charge in [0.1, 0.15) is 5.75 Å². The first-order valence-electron chi connectivity index (χ1n) is 10.6. The van der Waals surface area contributed by atoms with Gasteiger partial charge >= 0.3 is 0 Å². The van der Waals surface area contributed by atoms with E-state index in [-0.39, 0.29) is 18.1 Å². The average Bonchev–Trinajstić information content (AvgIpc) is 3.12. The minimum Gasteiger partial charge on any atom is -0.497 e. The zero-order chi connectivity index (χ0) is 22.5. The standard InChI is InChI=1S/C24H27NO3.C2H6/c1-6-24(3,4)22(26)15-25-14-20(19-12-11-17(28-5)13-21(19)25)23(27)18-10-8-7-9-16(18)2;1-2/h7-14H,6,15H2,1-5H3;1-2H3. The molecule has 0 saturated carbocycles. The summed E-state index contributed by atoms with van der Waals surface area (Å²) in [6.45, 7) is 12.1. The van der Waals surface area contributed by atoms with Crippen molar-refractivity contribution in [3.05, 3.63) is 65.4 Å². The Morgan fingerprint density at radius 1 is 1.03 bits per heavy atom. The quantitative estimate of drug-likeness (QED) is 0.437. The SMILES string of the molecule is CC.CCC(C)(C)C(=O)Cn1cc(C(=O)c2ccccc2C)c2ccc(OC)cc21. The van der Waals surface area contributed by atoms with Crippen molar-refractivity contribution in [2.75, 3.05) is 7.11 Å². The van der Waals surface area contributed by atoms with Crippen LogP contribution in [0.4, 0.5) is 0 Å². The van der Waals surface area contributed by atoms with Crippen molar-refractivity contribution >= 4 is 22.5 Å². The Kier molecular flexibility index (Phi) is 7.60. The second-order valence-electron chi connectivity index (χ2n) is 7.86. The number of ketones is 2. The van der Waals surface area contributed by atoms with Crippen LogP contribution >= 0.6 is 0 Å². The summed E-state index contributed by atoms with van der Waals surface area (Å²) < 4.78 is 7.24. The molecule has 1 heterocycles. The van der Waals surface area contributed by atoms with E-state index in [0.29, 0.717) is 16.9 Å². The van der Waals surface area contributed by atoms with Gasteiger partial charge in [-0.25, -0.2) is 0 Å². The summed E-state index contributed by atoms with van der Waals surface area (Å²) in [5, 5.41) is 0.830. The van der Waals surface area contributed by atoms with Crippen LogP contribution in [-0.2, 0) is 11.3 Å². The molecule has 1 aromatic heterocycles. The molecule has 3 rings (SSSR count). The molecule has 0 amide bonds. The number of rotatable bonds is 7. The van der Waals surface area contributed by atoms with Crippen molar-refractivity contribution in [2.45, 2.75) is 54.5 Å². The van der Waals surface area contributed by atoms with Crippen LogP contribution in [-0.4, -0.2) is 23.2 Å². The van der Waals surface area contributed by atoms with Crippen molar-refractivity contribution < 1.29 is 14.3 Å². The van der Waals surface area contributed by atoms with Crippen LogP contribution in [0.3, 0.4) is 0 Å². The molecule has 0 aliphatic heterocycles. The topological polar surface area (TPSA) is 48.3 Å². The average molecular weight is 408 g/mol. The van der Waals surface area contributed by atoms with Gasteiger partial charge in [0.05, 0.1) is 19.2 Å².